The molecule has 1 aliphatic heterocycles. The van der Waals surface area contributed by atoms with E-state index in [1.165, 1.54) is 23.9 Å². The van der Waals surface area contributed by atoms with Crippen LogP contribution in [0.2, 0.25) is 0 Å². The van der Waals surface area contributed by atoms with Crippen molar-refractivity contribution in [1.29, 1.82) is 0 Å². The number of fused-ring (bicyclic) bond motifs is 3. The number of aromatic nitrogens is 2. The maximum absolute atomic E-state index is 12.7. The van der Waals surface area contributed by atoms with E-state index in [0.29, 0.717) is 24.4 Å². The summed E-state index contributed by atoms with van der Waals surface area (Å²) in [7, 11) is 0. The predicted molar refractivity (Wildman–Crippen MR) is 157 cm³/mol. The van der Waals surface area contributed by atoms with Crippen LogP contribution >= 0.6 is 11.8 Å². The lowest BCUT2D eigenvalue weighted by atomic mass is 10.0. The molecule has 0 spiro atoms. The molecule has 0 radical (unpaired) electrons. The van der Waals surface area contributed by atoms with E-state index < -0.39 is 6.36 Å². The van der Waals surface area contributed by atoms with E-state index in [1.54, 1.807) is 23.4 Å². The number of para-hydroxylation sites is 1. The van der Waals surface area contributed by atoms with Crippen LogP contribution < -0.4 is 9.64 Å². The zero-order valence-corrected chi connectivity index (χ0v) is 23.1. The zero-order chi connectivity index (χ0) is 28.7. The van der Waals surface area contributed by atoms with E-state index in [4.69, 9.17) is 4.99 Å². The number of carbonyl (C=O) groups is 1. The molecule has 0 bridgehead atoms. The zero-order valence-electron chi connectivity index (χ0n) is 22.3. The summed E-state index contributed by atoms with van der Waals surface area (Å²) in [6.45, 7) is 4.57. The molecule has 0 unspecified atom stereocenters. The Hall–Kier alpha value is -4.31. The normalized spacial score (nSPS) is 15.0. The van der Waals surface area contributed by atoms with Gasteiger partial charge < -0.3 is 4.74 Å². The Kier molecular flexibility index (Phi) is 6.94. The first kappa shape index (κ1) is 26.9. The van der Waals surface area contributed by atoms with Crippen molar-refractivity contribution in [2.45, 2.75) is 26.6 Å². The van der Waals surface area contributed by atoms with Gasteiger partial charge in [-0.05, 0) is 72.7 Å². The van der Waals surface area contributed by atoms with Crippen LogP contribution in [-0.2, 0) is 11.2 Å². The van der Waals surface area contributed by atoms with Crippen LogP contribution in [-0.4, -0.2) is 39.3 Å². The quantitative estimate of drug-likeness (QED) is 0.212. The summed E-state index contributed by atoms with van der Waals surface area (Å²) in [5, 5.41) is 2.74. The van der Waals surface area contributed by atoms with Crippen LogP contribution in [0.1, 0.15) is 16.7 Å². The van der Waals surface area contributed by atoms with Gasteiger partial charge in [0.05, 0.1) is 22.5 Å². The van der Waals surface area contributed by atoms with E-state index >= 15 is 0 Å². The lowest BCUT2D eigenvalue weighted by Crippen LogP contribution is -2.30. The van der Waals surface area contributed by atoms with Gasteiger partial charge in [0.15, 0.2) is 5.17 Å². The molecule has 6 nitrogen and oxygen atoms in total. The molecule has 0 saturated carbocycles. The predicted octanol–water partition coefficient (Wildman–Crippen LogP) is 7.37. The van der Waals surface area contributed by atoms with Crippen LogP contribution in [0, 0.1) is 13.8 Å². The van der Waals surface area contributed by atoms with Crippen molar-refractivity contribution in [2.24, 2.45) is 4.99 Å². The molecule has 6 rings (SSSR count). The van der Waals surface area contributed by atoms with E-state index in [0.717, 1.165) is 49.4 Å². The first-order valence-corrected chi connectivity index (χ1v) is 14.0. The fourth-order valence-electron chi connectivity index (χ4n) is 5.17. The van der Waals surface area contributed by atoms with Crippen LogP contribution in [0.15, 0.2) is 84.1 Å². The molecule has 0 atom stereocenters. The van der Waals surface area contributed by atoms with Crippen molar-refractivity contribution < 1.29 is 22.7 Å². The van der Waals surface area contributed by atoms with Crippen molar-refractivity contribution in [1.82, 2.24) is 9.55 Å². The summed E-state index contributed by atoms with van der Waals surface area (Å²) < 4.78 is 43.3. The molecule has 10 heteroatoms. The number of anilines is 1. The third-order valence-corrected chi connectivity index (χ3v) is 7.98. The minimum atomic E-state index is -4.73. The van der Waals surface area contributed by atoms with Crippen molar-refractivity contribution >= 4 is 50.3 Å². The van der Waals surface area contributed by atoms with Gasteiger partial charge in [-0.3, -0.25) is 19.3 Å². The molecule has 0 N–H and O–H groups in total. The van der Waals surface area contributed by atoms with Gasteiger partial charge >= 0.3 is 6.36 Å². The number of nitrogens with zero attached hydrogens (tertiary/aromatic N) is 4. The summed E-state index contributed by atoms with van der Waals surface area (Å²) in [4.78, 5) is 23.8. The second-order valence-corrected chi connectivity index (χ2v) is 10.8. The number of benzene rings is 4. The van der Waals surface area contributed by atoms with E-state index in [9.17, 15) is 18.0 Å². The maximum atomic E-state index is 12.7. The second kappa shape index (κ2) is 10.6. The minimum absolute atomic E-state index is 0.0471. The minimum Gasteiger partial charge on any atom is -0.406 e. The van der Waals surface area contributed by atoms with Gasteiger partial charge in [-0.15, -0.1) is 13.2 Å². The summed E-state index contributed by atoms with van der Waals surface area (Å²) in [6.07, 6.45) is -2.35. The molecule has 0 aliphatic carbocycles. The highest BCUT2D eigenvalue weighted by Gasteiger charge is 2.32. The Morgan fingerprint density at radius 2 is 1.76 bits per heavy atom. The van der Waals surface area contributed by atoms with Gasteiger partial charge in [-0.1, -0.05) is 54.2 Å². The number of amidine groups is 1. The number of thioether (sulfide) groups is 1. The van der Waals surface area contributed by atoms with Crippen LogP contribution in [0.4, 0.5) is 18.9 Å². The number of hydrogen-bond acceptors (Lipinski definition) is 5. The number of ether oxygens (including phenoxy) is 1. The smallest absolute Gasteiger partial charge is 0.406 e. The molecular weight excluding hydrogens is 549 g/mol. The molecular formula is C31H25F3N4O2S. The van der Waals surface area contributed by atoms with E-state index in [1.807, 2.05) is 54.8 Å². The molecule has 1 saturated heterocycles. The maximum Gasteiger partial charge on any atom is 0.573 e. The Morgan fingerprint density at radius 1 is 1.00 bits per heavy atom. The summed E-state index contributed by atoms with van der Waals surface area (Å²) in [5.74, 6) is 0.160. The van der Waals surface area contributed by atoms with Gasteiger partial charge in [0, 0.05) is 17.6 Å². The average molecular weight is 575 g/mol. The van der Waals surface area contributed by atoms with Crippen molar-refractivity contribution in [3.8, 4) is 11.4 Å². The first-order valence-electron chi connectivity index (χ1n) is 13.0. The summed E-state index contributed by atoms with van der Waals surface area (Å²) in [5.41, 5.74) is 6.45. The Labute approximate surface area is 238 Å². The monoisotopic (exact) mass is 574 g/mol. The fourth-order valence-corrected chi connectivity index (χ4v) is 6.05. The Morgan fingerprint density at radius 3 is 2.49 bits per heavy atom. The topological polar surface area (TPSA) is 59.7 Å². The number of hydrogen-bond donors (Lipinski definition) is 0. The lowest BCUT2D eigenvalue weighted by molar-refractivity contribution is -0.274. The van der Waals surface area contributed by atoms with Crippen molar-refractivity contribution in [3.05, 3.63) is 95.8 Å². The second-order valence-electron chi connectivity index (χ2n) is 9.82. The van der Waals surface area contributed by atoms with Crippen LogP contribution in [0.3, 0.4) is 0 Å². The fraction of sp³-hybridized carbons (Fsp3) is 0.194. The highest BCUT2D eigenvalue weighted by Crippen LogP contribution is 2.33. The molecule has 1 aliphatic rings. The van der Waals surface area contributed by atoms with Crippen molar-refractivity contribution in [2.75, 3.05) is 17.2 Å². The van der Waals surface area contributed by atoms with Crippen LogP contribution in [0.25, 0.3) is 27.5 Å². The molecule has 1 aromatic heterocycles. The average Bonchev–Trinajstić information content (AvgIpc) is 3.52. The Bertz CT molecular complexity index is 1790. The standard InChI is InChI=1S/C31H25F3N4O2S/c1-19-4-3-5-20(2)29(19)38-27(39)17-41-30(38)35-15-14-21-6-12-25-22(16-21)7-13-26-28(25)36-18-37(26)23-8-10-24(11-9-23)40-31(32,33)34/h3-13,16,18H,14-15,17H2,1-2H3/b35-30-. The number of alkyl halides is 3. The third kappa shape index (κ3) is 5.39. The largest absolute Gasteiger partial charge is 0.573 e. The SMILES string of the molecule is Cc1cccc(C)c1N1C(=O)CS/C1=N\CCc1ccc2c(ccc3c2ncn3-c2ccc(OC(F)(F)F)cc2)c1. The molecule has 2 heterocycles. The Balaban J connectivity index is 1.21. The van der Waals surface area contributed by atoms with E-state index in [-0.39, 0.29) is 11.7 Å². The summed E-state index contributed by atoms with van der Waals surface area (Å²) >= 11 is 1.47. The number of imidazole rings is 1. The third-order valence-electron chi connectivity index (χ3n) is 7.02. The number of amides is 1. The molecule has 1 fully saturated rings. The van der Waals surface area contributed by atoms with E-state index in [2.05, 4.69) is 21.9 Å². The van der Waals surface area contributed by atoms with Gasteiger partial charge in [0.2, 0.25) is 5.91 Å². The summed E-state index contributed by atoms with van der Waals surface area (Å²) in [6, 6.07) is 21.9. The molecule has 208 valence electrons. The lowest BCUT2D eigenvalue weighted by Gasteiger charge is -2.21. The van der Waals surface area contributed by atoms with Crippen molar-refractivity contribution in [3.63, 3.8) is 0 Å². The van der Waals surface area contributed by atoms with Gasteiger partial charge in [-0.25, -0.2) is 4.98 Å². The van der Waals surface area contributed by atoms with Crippen LogP contribution in [0.5, 0.6) is 5.75 Å². The number of aliphatic imine (C=N–C) groups is 1. The number of carbonyl (C=O) groups excluding carboxylic acids is 1. The number of halogens is 3. The van der Waals surface area contributed by atoms with Gasteiger partial charge in [0.25, 0.3) is 0 Å². The molecule has 4 aromatic carbocycles. The molecule has 1 amide bonds. The number of rotatable bonds is 6. The molecule has 5 aromatic rings. The highest BCUT2D eigenvalue weighted by molar-refractivity contribution is 8.15. The first-order chi connectivity index (χ1) is 19.7. The number of aryl methyl sites for hydroxylation is 2. The highest BCUT2D eigenvalue weighted by atomic mass is 32.2. The van der Waals surface area contributed by atoms with Gasteiger partial charge in [0.1, 0.15) is 12.1 Å². The molecule has 41 heavy (non-hydrogen) atoms. The van der Waals surface area contributed by atoms with Gasteiger partial charge in [-0.2, -0.15) is 0 Å².